The van der Waals surface area contributed by atoms with Gasteiger partial charge in [0.05, 0.1) is 12.7 Å². The monoisotopic (exact) mass is 207 g/mol. The number of carbonyl (C=O) groups is 1. The summed E-state index contributed by atoms with van der Waals surface area (Å²) in [5.74, 6) is -0.403. The lowest BCUT2D eigenvalue weighted by Crippen LogP contribution is -2.36. The molecule has 2 atom stereocenters. The second-order valence-electron chi connectivity index (χ2n) is 4.00. The van der Waals surface area contributed by atoms with E-state index in [0.717, 1.165) is 19.3 Å². The molecule has 0 fully saturated rings. The highest BCUT2D eigenvalue weighted by Gasteiger charge is 2.42. The summed E-state index contributed by atoms with van der Waals surface area (Å²) in [6.45, 7) is 3.75. The standard InChI is InChI=1S/C12H17NO2/c1-3-15-11(14)12(2,9-13)10-7-5-4-6-8-10/h5,7,10H,3-4,6,8H2,1-2H3/t10-,12+/m0/s1. The number of hydrogen-bond acceptors (Lipinski definition) is 3. The SMILES string of the molecule is CCOC(=O)[C@](C)(C#N)[C@H]1C=CCCC1. The minimum absolute atomic E-state index is 0.00435. The van der Waals surface area contributed by atoms with Gasteiger partial charge in [0.2, 0.25) is 0 Å². The average molecular weight is 207 g/mol. The highest BCUT2D eigenvalue weighted by atomic mass is 16.5. The molecule has 0 unspecified atom stereocenters. The van der Waals surface area contributed by atoms with Crippen LogP contribution in [0.4, 0.5) is 0 Å². The molecule has 82 valence electrons. The Hall–Kier alpha value is -1.30. The van der Waals surface area contributed by atoms with E-state index in [1.807, 2.05) is 12.2 Å². The van der Waals surface area contributed by atoms with Gasteiger partial charge in [-0.15, -0.1) is 0 Å². The first kappa shape index (κ1) is 11.8. The predicted molar refractivity (Wildman–Crippen MR) is 56.8 cm³/mol. The Kier molecular flexibility index (Phi) is 3.90. The molecule has 1 aliphatic rings. The third-order valence-corrected chi connectivity index (χ3v) is 2.93. The van der Waals surface area contributed by atoms with Crippen molar-refractivity contribution in [3.63, 3.8) is 0 Å². The maximum atomic E-state index is 11.7. The molecule has 0 aromatic carbocycles. The molecule has 0 bridgehead atoms. The third-order valence-electron chi connectivity index (χ3n) is 2.93. The molecule has 3 nitrogen and oxygen atoms in total. The summed E-state index contributed by atoms with van der Waals surface area (Å²) in [6.07, 6.45) is 6.99. The van der Waals surface area contributed by atoms with Crippen LogP contribution in [0, 0.1) is 22.7 Å². The van der Waals surface area contributed by atoms with Crippen molar-refractivity contribution >= 4 is 5.97 Å². The van der Waals surface area contributed by atoms with E-state index in [9.17, 15) is 4.79 Å². The number of nitrogens with zero attached hydrogens (tertiary/aromatic N) is 1. The van der Waals surface area contributed by atoms with Crippen molar-refractivity contribution in [3.05, 3.63) is 12.2 Å². The van der Waals surface area contributed by atoms with Crippen LogP contribution in [0.1, 0.15) is 33.1 Å². The van der Waals surface area contributed by atoms with Gasteiger partial charge in [-0.25, -0.2) is 0 Å². The van der Waals surface area contributed by atoms with Crippen LogP contribution in [0.3, 0.4) is 0 Å². The minimum Gasteiger partial charge on any atom is -0.465 e. The van der Waals surface area contributed by atoms with Gasteiger partial charge in [-0.05, 0) is 33.1 Å². The summed E-state index contributed by atoms with van der Waals surface area (Å²) in [5, 5.41) is 9.15. The predicted octanol–water partition coefficient (Wildman–Crippen LogP) is 2.44. The molecule has 0 amide bonds. The van der Waals surface area contributed by atoms with Gasteiger partial charge < -0.3 is 4.74 Å². The van der Waals surface area contributed by atoms with E-state index in [1.54, 1.807) is 13.8 Å². The summed E-state index contributed by atoms with van der Waals surface area (Å²) in [4.78, 5) is 11.7. The van der Waals surface area contributed by atoms with Gasteiger partial charge in [-0.2, -0.15) is 5.26 Å². The second kappa shape index (κ2) is 4.97. The molecule has 0 heterocycles. The fraction of sp³-hybridized carbons (Fsp3) is 0.667. The zero-order valence-electron chi connectivity index (χ0n) is 9.32. The van der Waals surface area contributed by atoms with Gasteiger partial charge in [0.1, 0.15) is 0 Å². The van der Waals surface area contributed by atoms with E-state index in [1.165, 1.54) is 0 Å². The second-order valence-corrected chi connectivity index (χ2v) is 4.00. The van der Waals surface area contributed by atoms with Crippen molar-refractivity contribution in [1.29, 1.82) is 5.26 Å². The average Bonchev–Trinajstić information content (AvgIpc) is 2.29. The van der Waals surface area contributed by atoms with Crippen LogP contribution in [0.25, 0.3) is 0 Å². The molecular formula is C12H17NO2. The molecule has 0 saturated carbocycles. The molecule has 0 aromatic heterocycles. The van der Waals surface area contributed by atoms with Gasteiger partial charge in [-0.1, -0.05) is 12.2 Å². The van der Waals surface area contributed by atoms with Crippen LogP contribution in [-0.4, -0.2) is 12.6 Å². The van der Waals surface area contributed by atoms with Crippen LogP contribution >= 0.6 is 0 Å². The number of nitriles is 1. The Morgan fingerprint density at radius 3 is 2.93 bits per heavy atom. The van der Waals surface area contributed by atoms with E-state index < -0.39 is 11.4 Å². The van der Waals surface area contributed by atoms with E-state index in [4.69, 9.17) is 10.00 Å². The molecule has 1 rings (SSSR count). The zero-order valence-corrected chi connectivity index (χ0v) is 9.32. The van der Waals surface area contributed by atoms with E-state index in [-0.39, 0.29) is 5.92 Å². The summed E-state index contributed by atoms with van der Waals surface area (Å²) in [6, 6.07) is 2.11. The van der Waals surface area contributed by atoms with E-state index >= 15 is 0 Å². The first-order valence-electron chi connectivity index (χ1n) is 5.40. The lowest BCUT2D eigenvalue weighted by Gasteiger charge is -2.28. The number of hydrogen-bond donors (Lipinski definition) is 0. The number of allylic oxidation sites excluding steroid dienone is 2. The van der Waals surface area contributed by atoms with Crippen molar-refractivity contribution in [3.8, 4) is 6.07 Å². The fourth-order valence-corrected chi connectivity index (χ4v) is 1.85. The summed E-state index contributed by atoms with van der Waals surface area (Å²) < 4.78 is 4.96. The summed E-state index contributed by atoms with van der Waals surface area (Å²) in [7, 11) is 0. The van der Waals surface area contributed by atoms with Crippen molar-refractivity contribution < 1.29 is 9.53 Å². The quantitative estimate of drug-likeness (QED) is 0.527. The molecule has 1 aliphatic carbocycles. The smallest absolute Gasteiger partial charge is 0.326 e. The Morgan fingerprint density at radius 2 is 2.47 bits per heavy atom. The maximum absolute atomic E-state index is 11.7. The summed E-state index contributed by atoms with van der Waals surface area (Å²) >= 11 is 0. The normalized spacial score (nSPS) is 23.9. The lowest BCUT2D eigenvalue weighted by atomic mass is 9.74. The first-order valence-corrected chi connectivity index (χ1v) is 5.40. The molecule has 0 N–H and O–H groups in total. The highest BCUT2D eigenvalue weighted by molar-refractivity contribution is 5.80. The topological polar surface area (TPSA) is 50.1 Å². The lowest BCUT2D eigenvalue weighted by molar-refractivity contribution is -0.153. The van der Waals surface area contributed by atoms with Crippen molar-refractivity contribution in [2.45, 2.75) is 33.1 Å². The molecule has 3 heteroatoms. The minimum atomic E-state index is -1.02. The van der Waals surface area contributed by atoms with Crippen LogP contribution < -0.4 is 0 Å². The van der Waals surface area contributed by atoms with Gasteiger partial charge in [0, 0.05) is 5.92 Å². The van der Waals surface area contributed by atoms with E-state index in [0.29, 0.717) is 6.61 Å². The maximum Gasteiger partial charge on any atom is 0.326 e. The van der Waals surface area contributed by atoms with Crippen molar-refractivity contribution in [2.75, 3.05) is 6.61 Å². The Morgan fingerprint density at radius 1 is 1.73 bits per heavy atom. The largest absolute Gasteiger partial charge is 0.465 e. The molecule has 0 spiro atoms. The summed E-state index contributed by atoms with van der Waals surface area (Å²) in [5.41, 5.74) is -1.02. The van der Waals surface area contributed by atoms with Gasteiger partial charge >= 0.3 is 5.97 Å². The molecule has 15 heavy (non-hydrogen) atoms. The number of ether oxygens (including phenoxy) is 1. The number of esters is 1. The third kappa shape index (κ3) is 2.38. The van der Waals surface area contributed by atoms with Crippen molar-refractivity contribution in [1.82, 2.24) is 0 Å². The Balaban J connectivity index is 2.84. The van der Waals surface area contributed by atoms with Gasteiger partial charge in [0.25, 0.3) is 0 Å². The number of rotatable bonds is 3. The van der Waals surface area contributed by atoms with Crippen LogP contribution in [0.15, 0.2) is 12.2 Å². The molecular weight excluding hydrogens is 190 g/mol. The molecule has 0 aromatic rings. The van der Waals surface area contributed by atoms with Gasteiger partial charge in [-0.3, -0.25) is 4.79 Å². The van der Waals surface area contributed by atoms with Crippen molar-refractivity contribution in [2.24, 2.45) is 11.3 Å². The first-order chi connectivity index (χ1) is 7.15. The molecule has 0 saturated heterocycles. The van der Waals surface area contributed by atoms with Gasteiger partial charge in [0.15, 0.2) is 5.41 Å². The Labute approximate surface area is 90.7 Å². The zero-order chi connectivity index (χ0) is 11.3. The molecule has 0 aliphatic heterocycles. The Bertz CT molecular complexity index is 303. The van der Waals surface area contributed by atoms with Crippen LogP contribution in [0.2, 0.25) is 0 Å². The van der Waals surface area contributed by atoms with E-state index in [2.05, 4.69) is 6.07 Å². The number of carbonyl (C=O) groups excluding carboxylic acids is 1. The molecule has 0 radical (unpaired) electrons. The van der Waals surface area contributed by atoms with Crippen LogP contribution in [-0.2, 0) is 9.53 Å². The highest BCUT2D eigenvalue weighted by Crippen LogP contribution is 2.35. The fourth-order valence-electron chi connectivity index (χ4n) is 1.85. The van der Waals surface area contributed by atoms with Crippen LogP contribution in [0.5, 0.6) is 0 Å².